The molecule has 0 spiro atoms. The molecular weight excluding hydrogens is 627 g/mol. The van der Waals surface area contributed by atoms with Gasteiger partial charge < -0.3 is 29.0 Å². The number of benzene rings is 4. The maximum Gasteiger partial charge on any atom is 0.416 e. The summed E-state index contributed by atoms with van der Waals surface area (Å²) in [5.74, 6) is 1.72. The highest BCUT2D eigenvalue weighted by molar-refractivity contribution is 6.13. The van der Waals surface area contributed by atoms with Gasteiger partial charge in [-0.05, 0) is 71.8 Å². The fourth-order valence-corrected chi connectivity index (χ4v) is 5.61. The van der Waals surface area contributed by atoms with Crippen molar-refractivity contribution < 1.29 is 41.7 Å². The predicted octanol–water partition coefficient (Wildman–Crippen LogP) is 7.57. The highest BCUT2D eigenvalue weighted by atomic mass is 19.4. The number of carbonyl (C=O) groups is 1. The van der Waals surface area contributed by atoms with E-state index in [1.807, 2.05) is 18.2 Å². The molecule has 1 aromatic heterocycles. The van der Waals surface area contributed by atoms with Gasteiger partial charge in [-0.2, -0.15) is 13.2 Å². The van der Waals surface area contributed by atoms with Crippen LogP contribution in [0.15, 0.2) is 79.0 Å². The molecule has 1 aliphatic rings. The van der Waals surface area contributed by atoms with Gasteiger partial charge in [0.1, 0.15) is 17.2 Å². The molecule has 9 nitrogen and oxygen atoms in total. The first-order valence-corrected chi connectivity index (χ1v) is 15.4. The molecular formula is C36H34F3N3O6. The number of aromatic nitrogens is 1. The Kier molecular flexibility index (Phi) is 9.83. The summed E-state index contributed by atoms with van der Waals surface area (Å²) in [4.78, 5) is 20.2. The minimum atomic E-state index is -4.58. The Labute approximate surface area is 275 Å². The van der Waals surface area contributed by atoms with Crippen LogP contribution in [-0.4, -0.2) is 69.5 Å². The van der Waals surface area contributed by atoms with Crippen molar-refractivity contribution >= 4 is 33.3 Å². The van der Waals surface area contributed by atoms with Crippen molar-refractivity contribution in [1.82, 2.24) is 9.88 Å². The molecule has 6 rings (SSSR count). The van der Waals surface area contributed by atoms with Crippen LogP contribution in [-0.2, 0) is 10.9 Å². The lowest BCUT2D eigenvalue weighted by Gasteiger charge is -2.26. The number of alkyl halides is 3. The molecule has 1 saturated heterocycles. The lowest BCUT2D eigenvalue weighted by atomic mass is 10.0. The quantitative estimate of drug-likeness (QED) is 0.145. The number of halogens is 3. The predicted molar refractivity (Wildman–Crippen MR) is 176 cm³/mol. The standard InChI is InChI=1S/C36H34F3N3O6/c1-44-32-10-7-24(36(37,38)39)20-30(32)41-35(43)27-6-3-5-23-19-25(8-9-26(23)27)48-31-11-12-40-29-22-34(33(45-2)21-28(29)31)47-16-4-13-42-14-17-46-18-15-42/h3,5-12,19-22H,4,13-18H2,1-2H3,(H,41,43). The fraction of sp³-hybridized carbons (Fsp3) is 0.278. The van der Waals surface area contributed by atoms with Crippen molar-refractivity contribution in [3.05, 3.63) is 90.1 Å². The van der Waals surface area contributed by atoms with Crippen molar-refractivity contribution in [1.29, 1.82) is 0 Å². The van der Waals surface area contributed by atoms with Gasteiger partial charge in [-0.3, -0.25) is 14.7 Å². The zero-order valence-corrected chi connectivity index (χ0v) is 26.4. The summed E-state index contributed by atoms with van der Waals surface area (Å²) in [6.45, 7) is 4.83. The maximum absolute atomic E-state index is 13.3. The number of methoxy groups -OCH3 is 2. The van der Waals surface area contributed by atoms with Crippen molar-refractivity contribution in [2.45, 2.75) is 12.6 Å². The summed E-state index contributed by atoms with van der Waals surface area (Å²) in [6.07, 6.45) is -2.06. The Hall–Kier alpha value is -5.07. The van der Waals surface area contributed by atoms with E-state index in [2.05, 4.69) is 15.2 Å². The number of nitrogens with zero attached hydrogens (tertiary/aromatic N) is 2. The first-order chi connectivity index (χ1) is 23.2. The molecule has 0 radical (unpaired) electrons. The van der Waals surface area contributed by atoms with Gasteiger partial charge in [-0.15, -0.1) is 0 Å². The number of hydrogen-bond donors (Lipinski definition) is 1. The molecule has 12 heteroatoms. The summed E-state index contributed by atoms with van der Waals surface area (Å²) < 4.78 is 68.6. The van der Waals surface area contributed by atoms with Gasteiger partial charge in [0.25, 0.3) is 5.91 Å². The normalized spacial score (nSPS) is 13.8. The first-order valence-electron chi connectivity index (χ1n) is 15.4. The number of morpholine rings is 1. The molecule has 2 heterocycles. The van der Waals surface area contributed by atoms with Crippen molar-refractivity contribution in [3.63, 3.8) is 0 Å². The number of carbonyl (C=O) groups excluding carboxylic acids is 1. The summed E-state index contributed by atoms with van der Waals surface area (Å²) >= 11 is 0. The van der Waals surface area contributed by atoms with Crippen LogP contribution in [0.1, 0.15) is 22.3 Å². The van der Waals surface area contributed by atoms with Crippen LogP contribution < -0.4 is 24.3 Å². The van der Waals surface area contributed by atoms with Gasteiger partial charge in [-0.1, -0.05) is 12.1 Å². The van der Waals surface area contributed by atoms with Crippen molar-refractivity contribution in [3.8, 4) is 28.7 Å². The largest absolute Gasteiger partial charge is 0.495 e. The van der Waals surface area contributed by atoms with Crippen LogP contribution in [0.4, 0.5) is 18.9 Å². The third kappa shape index (κ3) is 7.40. The fourth-order valence-electron chi connectivity index (χ4n) is 5.61. The summed E-state index contributed by atoms with van der Waals surface area (Å²) in [5, 5.41) is 4.58. The zero-order valence-electron chi connectivity index (χ0n) is 26.4. The van der Waals surface area contributed by atoms with Gasteiger partial charge in [0, 0.05) is 42.8 Å². The molecule has 1 N–H and O–H groups in total. The molecule has 0 bridgehead atoms. The van der Waals surface area contributed by atoms with E-state index in [0.717, 1.165) is 56.8 Å². The number of amides is 1. The van der Waals surface area contributed by atoms with Crippen LogP contribution in [0, 0.1) is 0 Å². The van der Waals surface area contributed by atoms with E-state index in [0.29, 0.717) is 45.9 Å². The number of pyridine rings is 1. The van der Waals surface area contributed by atoms with Gasteiger partial charge in [0.2, 0.25) is 0 Å². The molecule has 250 valence electrons. The molecule has 1 amide bonds. The SMILES string of the molecule is COc1ccc(C(F)(F)F)cc1NC(=O)c1cccc2cc(Oc3ccnc4cc(OCCCN5CCOCC5)c(OC)cc34)ccc12. The summed E-state index contributed by atoms with van der Waals surface area (Å²) in [7, 11) is 2.90. The summed E-state index contributed by atoms with van der Waals surface area (Å²) in [6, 6.07) is 18.7. The van der Waals surface area contributed by atoms with Crippen LogP contribution in [0.3, 0.4) is 0 Å². The third-order valence-corrected chi connectivity index (χ3v) is 8.07. The second-order valence-corrected chi connectivity index (χ2v) is 11.1. The van der Waals surface area contributed by atoms with Crippen LogP contribution in [0.25, 0.3) is 21.7 Å². The second kappa shape index (κ2) is 14.4. The van der Waals surface area contributed by atoms with Crippen molar-refractivity contribution in [2.75, 3.05) is 59.0 Å². The Balaban J connectivity index is 1.20. The lowest BCUT2D eigenvalue weighted by molar-refractivity contribution is -0.137. The lowest BCUT2D eigenvalue weighted by Crippen LogP contribution is -2.37. The van der Waals surface area contributed by atoms with E-state index in [9.17, 15) is 18.0 Å². The van der Waals surface area contributed by atoms with Crippen LogP contribution in [0.5, 0.6) is 28.7 Å². The molecule has 48 heavy (non-hydrogen) atoms. The van der Waals surface area contributed by atoms with E-state index in [-0.39, 0.29) is 17.0 Å². The number of hydrogen-bond acceptors (Lipinski definition) is 8. The molecule has 0 aliphatic carbocycles. The van der Waals surface area contributed by atoms with Crippen molar-refractivity contribution in [2.24, 2.45) is 0 Å². The first kappa shape index (κ1) is 32.9. The number of ether oxygens (including phenoxy) is 5. The molecule has 1 aliphatic heterocycles. The van der Waals surface area contributed by atoms with E-state index in [1.54, 1.807) is 49.7 Å². The topological polar surface area (TPSA) is 91.4 Å². The monoisotopic (exact) mass is 661 g/mol. The van der Waals surface area contributed by atoms with Crippen LogP contribution in [0.2, 0.25) is 0 Å². The zero-order chi connectivity index (χ0) is 33.7. The van der Waals surface area contributed by atoms with Gasteiger partial charge in [-0.25, -0.2) is 0 Å². The smallest absolute Gasteiger partial charge is 0.416 e. The average Bonchev–Trinajstić information content (AvgIpc) is 3.09. The van der Waals surface area contributed by atoms with Crippen LogP contribution >= 0.6 is 0 Å². The van der Waals surface area contributed by atoms with Gasteiger partial charge in [0.05, 0.1) is 50.8 Å². The second-order valence-electron chi connectivity index (χ2n) is 11.1. The molecule has 0 saturated carbocycles. The molecule has 1 fully saturated rings. The van der Waals surface area contributed by atoms with Gasteiger partial charge in [0.15, 0.2) is 11.5 Å². The third-order valence-electron chi connectivity index (χ3n) is 8.07. The van der Waals surface area contributed by atoms with E-state index < -0.39 is 17.6 Å². The Morgan fingerprint density at radius 3 is 2.48 bits per heavy atom. The minimum Gasteiger partial charge on any atom is -0.495 e. The minimum absolute atomic E-state index is 0.0872. The van der Waals surface area contributed by atoms with Gasteiger partial charge >= 0.3 is 6.18 Å². The Bertz CT molecular complexity index is 1930. The highest BCUT2D eigenvalue weighted by Gasteiger charge is 2.31. The number of anilines is 1. The average molecular weight is 662 g/mol. The van der Waals surface area contributed by atoms with E-state index >= 15 is 0 Å². The Morgan fingerprint density at radius 1 is 0.896 bits per heavy atom. The van der Waals surface area contributed by atoms with E-state index in [4.69, 9.17) is 23.7 Å². The number of fused-ring (bicyclic) bond motifs is 2. The van der Waals surface area contributed by atoms with E-state index in [1.165, 1.54) is 13.2 Å². The highest BCUT2D eigenvalue weighted by Crippen LogP contribution is 2.38. The maximum atomic E-state index is 13.3. The molecule has 4 aromatic carbocycles. The molecule has 0 unspecified atom stereocenters. The molecule has 5 aromatic rings. The summed E-state index contributed by atoms with van der Waals surface area (Å²) in [5.41, 5.74) is -0.0463. The molecule has 0 atom stereocenters. The number of nitrogens with one attached hydrogen (secondary N) is 1. The Morgan fingerprint density at radius 2 is 1.71 bits per heavy atom. The number of rotatable bonds is 11.